The van der Waals surface area contributed by atoms with Crippen molar-refractivity contribution in [1.29, 1.82) is 0 Å². The number of aliphatic hydroxyl groups is 1. The molecule has 1 aliphatic rings. The smallest absolute Gasteiger partial charge is 0.410 e. The van der Waals surface area contributed by atoms with Crippen molar-refractivity contribution < 1.29 is 24.2 Å². The molecule has 6 heteroatoms. The van der Waals surface area contributed by atoms with Crippen LogP contribution in [0.3, 0.4) is 0 Å². The molecule has 18 heavy (non-hydrogen) atoms. The van der Waals surface area contributed by atoms with Crippen LogP contribution in [0.25, 0.3) is 0 Å². The van der Waals surface area contributed by atoms with Gasteiger partial charge in [-0.25, -0.2) is 4.79 Å². The van der Waals surface area contributed by atoms with E-state index in [0.717, 1.165) is 0 Å². The highest BCUT2D eigenvalue weighted by atomic mass is 16.6. The minimum absolute atomic E-state index is 0.170. The second-order valence-electron chi connectivity index (χ2n) is 5.44. The van der Waals surface area contributed by atoms with Gasteiger partial charge in [-0.2, -0.15) is 0 Å². The van der Waals surface area contributed by atoms with Crippen molar-refractivity contribution in [3.63, 3.8) is 0 Å². The molecule has 0 aromatic carbocycles. The van der Waals surface area contributed by atoms with Gasteiger partial charge in [0.05, 0.1) is 19.2 Å². The maximum absolute atomic E-state index is 11.9. The van der Waals surface area contributed by atoms with Crippen molar-refractivity contribution in [3.05, 3.63) is 0 Å². The van der Waals surface area contributed by atoms with Gasteiger partial charge in [0, 0.05) is 13.3 Å². The van der Waals surface area contributed by atoms with Crippen LogP contribution in [0, 0.1) is 0 Å². The van der Waals surface area contributed by atoms with Crippen molar-refractivity contribution in [2.24, 2.45) is 0 Å². The zero-order valence-electron chi connectivity index (χ0n) is 11.3. The van der Waals surface area contributed by atoms with Crippen LogP contribution in [0.4, 0.5) is 4.79 Å². The number of likely N-dealkylation sites (tertiary alicyclic amines) is 1. The van der Waals surface area contributed by atoms with Crippen LogP contribution >= 0.6 is 0 Å². The molecule has 0 saturated carbocycles. The monoisotopic (exact) mass is 259 g/mol. The van der Waals surface area contributed by atoms with Gasteiger partial charge < -0.3 is 14.6 Å². The van der Waals surface area contributed by atoms with Crippen molar-refractivity contribution in [3.8, 4) is 0 Å². The molecule has 6 nitrogen and oxygen atoms in total. The Labute approximate surface area is 107 Å². The molecule has 1 aliphatic heterocycles. The molecule has 1 saturated heterocycles. The zero-order valence-corrected chi connectivity index (χ0v) is 11.3. The van der Waals surface area contributed by atoms with Crippen molar-refractivity contribution in [2.45, 2.75) is 51.9 Å². The average Bonchev–Trinajstić information content (AvgIpc) is 2.57. The van der Waals surface area contributed by atoms with Crippen LogP contribution in [0.2, 0.25) is 0 Å². The lowest BCUT2D eigenvalue weighted by atomic mass is 10.2. The molecule has 2 atom stereocenters. The predicted octanol–water partition coefficient (Wildman–Crippen LogP) is 0.920. The molecular formula is C12H21NO5. The fraction of sp³-hybridized carbons (Fsp3) is 0.833. The van der Waals surface area contributed by atoms with Gasteiger partial charge in [0.25, 0.3) is 0 Å². The standard InChI is InChI=1S/C12H21NO5/c1-8(15)17-10-5-9(7-14)13(6-10)11(16)18-12(2,3)4/h9-10,14H,5-7H2,1-4H3. The van der Waals surface area contributed by atoms with E-state index >= 15 is 0 Å². The van der Waals surface area contributed by atoms with Gasteiger partial charge in [0.2, 0.25) is 0 Å². The third-order valence-electron chi connectivity index (χ3n) is 2.55. The number of nitrogens with zero attached hydrogens (tertiary/aromatic N) is 1. The van der Waals surface area contributed by atoms with E-state index in [1.54, 1.807) is 20.8 Å². The van der Waals surface area contributed by atoms with Gasteiger partial charge >= 0.3 is 12.1 Å². The highest BCUT2D eigenvalue weighted by Gasteiger charge is 2.38. The van der Waals surface area contributed by atoms with E-state index in [1.807, 2.05) is 0 Å². The Morgan fingerprint density at radius 1 is 1.39 bits per heavy atom. The Morgan fingerprint density at radius 2 is 2.00 bits per heavy atom. The number of hydrogen-bond donors (Lipinski definition) is 1. The number of carbonyl (C=O) groups is 2. The summed E-state index contributed by atoms with van der Waals surface area (Å²) in [6, 6.07) is -0.357. The number of amides is 1. The van der Waals surface area contributed by atoms with Gasteiger partial charge in [-0.15, -0.1) is 0 Å². The Balaban J connectivity index is 2.64. The lowest BCUT2D eigenvalue weighted by Crippen LogP contribution is -2.41. The molecule has 0 aromatic heterocycles. The van der Waals surface area contributed by atoms with E-state index in [1.165, 1.54) is 11.8 Å². The van der Waals surface area contributed by atoms with Crippen LogP contribution in [0.15, 0.2) is 0 Å². The van der Waals surface area contributed by atoms with Gasteiger partial charge in [0.1, 0.15) is 11.7 Å². The maximum atomic E-state index is 11.9. The Bertz CT molecular complexity index is 323. The molecule has 0 aliphatic carbocycles. The third kappa shape index (κ3) is 4.18. The number of hydrogen-bond acceptors (Lipinski definition) is 5. The summed E-state index contributed by atoms with van der Waals surface area (Å²) in [5, 5.41) is 9.25. The van der Waals surface area contributed by atoms with Crippen LogP contribution in [-0.2, 0) is 14.3 Å². The molecule has 0 radical (unpaired) electrons. The summed E-state index contributed by atoms with van der Waals surface area (Å²) in [5.41, 5.74) is -0.587. The second kappa shape index (κ2) is 5.56. The first kappa shape index (κ1) is 14.8. The Hall–Kier alpha value is -1.30. The van der Waals surface area contributed by atoms with Crippen LogP contribution < -0.4 is 0 Å². The molecule has 1 amide bonds. The predicted molar refractivity (Wildman–Crippen MR) is 64.0 cm³/mol. The quantitative estimate of drug-likeness (QED) is 0.746. The minimum Gasteiger partial charge on any atom is -0.461 e. The summed E-state index contributed by atoms with van der Waals surface area (Å²) in [4.78, 5) is 24.2. The van der Waals surface area contributed by atoms with E-state index in [2.05, 4.69) is 0 Å². The largest absolute Gasteiger partial charge is 0.461 e. The van der Waals surface area contributed by atoms with E-state index in [-0.39, 0.29) is 31.3 Å². The van der Waals surface area contributed by atoms with Crippen molar-refractivity contribution in [2.75, 3.05) is 13.2 Å². The molecule has 1 N–H and O–H groups in total. The molecule has 1 heterocycles. The van der Waals surface area contributed by atoms with E-state index in [0.29, 0.717) is 6.42 Å². The fourth-order valence-electron chi connectivity index (χ4n) is 1.91. The van der Waals surface area contributed by atoms with Crippen LogP contribution in [0.5, 0.6) is 0 Å². The number of esters is 1. The second-order valence-corrected chi connectivity index (χ2v) is 5.44. The average molecular weight is 259 g/mol. The topological polar surface area (TPSA) is 76.1 Å². The molecule has 104 valence electrons. The van der Waals surface area contributed by atoms with Gasteiger partial charge in [-0.05, 0) is 20.8 Å². The number of rotatable bonds is 2. The van der Waals surface area contributed by atoms with Gasteiger partial charge in [-0.1, -0.05) is 0 Å². The van der Waals surface area contributed by atoms with Gasteiger partial charge in [-0.3, -0.25) is 9.69 Å². The zero-order chi connectivity index (χ0) is 13.9. The first-order valence-electron chi connectivity index (χ1n) is 6.00. The fourth-order valence-corrected chi connectivity index (χ4v) is 1.91. The summed E-state index contributed by atoms with van der Waals surface area (Å²) in [6.45, 7) is 6.75. The number of ether oxygens (including phenoxy) is 2. The van der Waals surface area contributed by atoms with Crippen LogP contribution in [-0.4, -0.2) is 53.0 Å². The first-order valence-corrected chi connectivity index (χ1v) is 6.00. The Kier molecular flexibility index (Phi) is 4.56. The number of aliphatic hydroxyl groups excluding tert-OH is 1. The summed E-state index contributed by atoms with van der Waals surface area (Å²) in [5.74, 6) is -0.386. The third-order valence-corrected chi connectivity index (χ3v) is 2.55. The SMILES string of the molecule is CC(=O)OC1CC(CO)N(C(=O)OC(C)(C)C)C1. The summed E-state index contributed by atoms with van der Waals surface area (Å²) in [6.07, 6.45) is -0.418. The summed E-state index contributed by atoms with van der Waals surface area (Å²) in [7, 11) is 0. The Morgan fingerprint density at radius 3 is 2.44 bits per heavy atom. The lowest BCUT2D eigenvalue weighted by Gasteiger charge is -2.27. The molecule has 2 unspecified atom stereocenters. The first-order chi connectivity index (χ1) is 8.23. The summed E-state index contributed by atoms with van der Waals surface area (Å²) >= 11 is 0. The molecule has 1 fully saturated rings. The normalized spacial score (nSPS) is 23.9. The molecule has 0 bridgehead atoms. The van der Waals surface area contributed by atoms with E-state index in [9.17, 15) is 14.7 Å². The molecule has 0 aromatic rings. The minimum atomic E-state index is -0.587. The highest BCUT2D eigenvalue weighted by molar-refractivity contribution is 5.69. The lowest BCUT2D eigenvalue weighted by molar-refractivity contribution is -0.145. The molecular weight excluding hydrogens is 238 g/mol. The number of carbonyl (C=O) groups excluding carboxylic acids is 2. The summed E-state index contributed by atoms with van der Waals surface area (Å²) < 4.78 is 10.3. The van der Waals surface area contributed by atoms with E-state index in [4.69, 9.17) is 9.47 Å². The van der Waals surface area contributed by atoms with Gasteiger partial charge in [0.15, 0.2) is 0 Å². The highest BCUT2D eigenvalue weighted by Crippen LogP contribution is 2.23. The van der Waals surface area contributed by atoms with Crippen LogP contribution in [0.1, 0.15) is 34.1 Å². The van der Waals surface area contributed by atoms with Crippen molar-refractivity contribution >= 4 is 12.1 Å². The maximum Gasteiger partial charge on any atom is 0.410 e. The van der Waals surface area contributed by atoms with Crippen molar-refractivity contribution in [1.82, 2.24) is 4.90 Å². The molecule has 1 rings (SSSR count). The molecule has 0 spiro atoms. The van der Waals surface area contributed by atoms with E-state index < -0.39 is 11.7 Å².